The van der Waals surface area contributed by atoms with Gasteiger partial charge in [-0.2, -0.15) is 0 Å². The fraction of sp³-hybridized carbons (Fsp3) is 0.391. The lowest BCUT2D eigenvalue weighted by atomic mass is 9.99. The van der Waals surface area contributed by atoms with Crippen molar-refractivity contribution in [2.24, 2.45) is 0 Å². The third kappa shape index (κ3) is 3.43. The van der Waals surface area contributed by atoms with E-state index in [4.69, 9.17) is 4.98 Å². The van der Waals surface area contributed by atoms with Crippen LogP contribution in [-0.4, -0.2) is 67.9 Å². The van der Waals surface area contributed by atoms with Gasteiger partial charge in [-0.05, 0) is 31.9 Å². The van der Waals surface area contributed by atoms with Crippen LogP contribution in [0.5, 0.6) is 0 Å². The quantitative estimate of drug-likeness (QED) is 0.619. The second-order valence-electron chi connectivity index (χ2n) is 8.46. The highest BCUT2D eigenvalue weighted by atomic mass is 16.2. The molecule has 3 aromatic rings. The molecule has 0 spiro atoms. The van der Waals surface area contributed by atoms with E-state index in [0.717, 1.165) is 40.9 Å². The first-order chi connectivity index (χ1) is 15.4. The maximum Gasteiger partial charge on any atom is 0.324 e. The molecule has 0 atom stereocenters. The lowest BCUT2D eigenvalue weighted by Gasteiger charge is -2.43. The number of hydrogen-bond acceptors (Lipinski definition) is 6. The third-order valence-electron chi connectivity index (χ3n) is 6.29. The van der Waals surface area contributed by atoms with Gasteiger partial charge < -0.3 is 9.80 Å². The molecule has 1 fully saturated rings. The fourth-order valence-electron chi connectivity index (χ4n) is 4.54. The molecule has 5 rings (SSSR count). The Morgan fingerprint density at radius 3 is 2.47 bits per heavy atom. The summed E-state index contributed by atoms with van der Waals surface area (Å²) in [6.45, 7) is 5.21. The number of pyridine rings is 2. The Hall–Kier alpha value is -3.62. The monoisotopic (exact) mass is 431 g/mol. The number of urea groups is 1. The molecule has 2 aliphatic heterocycles. The van der Waals surface area contributed by atoms with E-state index in [1.54, 1.807) is 31.3 Å². The van der Waals surface area contributed by atoms with Crippen LogP contribution in [0.15, 0.2) is 30.7 Å². The van der Waals surface area contributed by atoms with Gasteiger partial charge in [-0.15, -0.1) is 0 Å². The van der Waals surface area contributed by atoms with Gasteiger partial charge in [0, 0.05) is 62.8 Å². The van der Waals surface area contributed by atoms with Crippen molar-refractivity contribution in [2.45, 2.75) is 39.3 Å². The topological polar surface area (TPSA) is 95.4 Å². The van der Waals surface area contributed by atoms with E-state index in [0.29, 0.717) is 31.0 Å². The number of carbonyl (C=O) groups is 2. The van der Waals surface area contributed by atoms with Crippen molar-refractivity contribution in [1.82, 2.24) is 29.7 Å². The number of nitrogens with zero attached hydrogens (tertiary/aromatic N) is 7. The Morgan fingerprint density at radius 2 is 1.78 bits per heavy atom. The number of anilines is 1. The zero-order chi connectivity index (χ0) is 22.4. The zero-order valence-electron chi connectivity index (χ0n) is 18.4. The molecule has 3 amide bonds. The number of hydrogen-bond donors (Lipinski definition) is 0. The summed E-state index contributed by atoms with van der Waals surface area (Å²) in [6.07, 6.45) is 6.82. The number of rotatable bonds is 2. The standard InChI is InChI=1S/C23H25N7O2/c1-14-24-10-16(11-25-14)19-4-5-20-21(27-19)22-17(12-26-20)13-28(3)23(32)30(22)18-6-8-29(9-7-18)15(2)31/h4-5,10-12,18H,6-9,13H2,1-3H3. The molecule has 0 saturated carbocycles. The number of likely N-dealkylation sites (tertiary alicyclic amines) is 1. The van der Waals surface area contributed by atoms with Crippen molar-refractivity contribution in [3.63, 3.8) is 0 Å². The average Bonchev–Trinajstić information content (AvgIpc) is 2.80. The summed E-state index contributed by atoms with van der Waals surface area (Å²) >= 11 is 0. The van der Waals surface area contributed by atoms with E-state index in [-0.39, 0.29) is 18.0 Å². The first-order valence-corrected chi connectivity index (χ1v) is 10.8. The zero-order valence-corrected chi connectivity index (χ0v) is 18.4. The molecule has 0 radical (unpaired) electrons. The molecule has 0 N–H and O–H groups in total. The van der Waals surface area contributed by atoms with Crippen molar-refractivity contribution in [3.05, 3.63) is 42.1 Å². The summed E-state index contributed by atoms with van der Waals surface area (Å²) in [5, 5.41) is 0. The largest absolute Gasteiger partial charge is 0.343 e. The van der Waals surface area contributed by atoms with E-state index >= 15 is 0 Å². The van der Waals surface area contributed by atoms with Crippen LogP contribution in [0.1, 0.15) is 31.2 Å². The number of piperidine rings is 1. The predicted molar refractivity (Wildman–Crippen MR) is 120 cm³/mol. The van der Waals surface area contributed by atoms with E-state index in [1.807, 2.05) is 35.1 Å². The highest BCUT2D eigenvalue weighted by Crippen LogP contribution is 2.37. The lowest BCUT2D eigenvalue weighted by molar-refractivity contribution is -0.129. The van der Waals surface area contributed by atoms with E-state index < -0.39 is 0 Å². The Bertz CT molecular complexity index is 1200. The summed E-state index contributed by atoms with van der Waals surface area (Å²) in [6, 6.07) is 3.79. The number of amides is 3. The number of aromatic nitrogens is 4. The number of fused-ring (bicyclic) bond motifs is 3. The molecule has 32 heavy (non-hydrogen) atoms. The third-order valence-corrected chi connectivity index (χ3v) is 6.29. The van der Waals surface area contributed by atoms with Crippen molar-refractivity contribution < 1.29 is 9.59 Å². The van der Waals surface area contributed by atoms with E-state index in [1.165, 1.54) is 0 Å². The van der Waals surface area contributed by atoms with Crippen LogP contribution >= 0.6 is 0 Å². The smallest absolute Gasteiger partial charge is 0.324 e. The van der Waals surface area contributed by atoms with Crippen molar-refractivity contribution in [3.8, 4) is 11.3 Å². The minimum atomic E-state index is -0.0443. The molecule has 0 bridgehead atoms. The second kappa shape index (κ2) is 7.81. The Morgan fingerprint density at radius 1 is 1.06 bits per heavy atom. The first-order valence-electron chi connectivity index (χ1n) is 10.8. The normalized spacial score (nSPS) is 17.1. The Labute approximate surface area is 186 Å². The van der Waals surface area contributed by atoms with Gasteiger partial charge in [-0.1, -0.05) is 0 Å². The minimum Gasteiger partial charge on any atom is -0.343 e. The van der Waals surface area contributed by atoms with Crippen LogP contribution in [0.3, 0.4) is 0 Å². The molecule has 0 unspecified atom stereocenters. The SMILES string of the molecule is CC(=O)N1CCC(N2C(=O)N(C)Cc3cnc4ccc(-c5cnc(C)nc5)nc4c32)CC1. The molecule has 164 valence electrons. The average molecular weight is 432 g/mol. The van der Waals surface area contributed by atoms with Gasteiger partial charge in [0.05, 0.1) is 23.4 Å². The van der Waals surface area contributed by atoms with E-state index in [2.05, 4.69) is 15.0 Å². The summed E-state index contributed by atoms with van der Waals surface area (Å²) < 4.78 is 0. The fourth-order valence-corrected chi connectivity index (χ4v) is 4.54. The first kappa shape index (κ1) is 20.3. The molecule has 9 nitrogen and oxygen atoms in total. The molecular weight excluding hydrogens is 406 g/mol. The molecular formula is C23H25N7O2. The number of carbonyl (C=O) groups excluding carboxylic acids is 2. The highest BCUT2D eigenvalue weighted by Gasteiger charge is 2.37. The van der Waals surface area contributed by atoms with E-state index in [9.17, 15) is 9.59 Å². The predicted octanol–water partition coefficient (Wildman–Crippen LogP) is 2.78. The summed E-state index contributed by atoms with van der Waals surface area (Å²) in [5.41, 5.74) is 4.80. The second-order valence-corrected chi connectivity index (χ2v) is 8.46. The summed E-state index contributed by atoms with van der Waals surface area (Å²) in [4.78, 5) is 48.6. The van der Waals surface area contributed by atoms with Crippen LogP contribution in [0.25, 0.3) is 22.3 Å². The molecule has 3 aromatic heterocycles. The van der Waals surface area contributed by atoms with Gasteiger partial charge in [0.1, 0.15) is 11.3 Å². The molecule has 5 heterocycles. The van der Waals surface area contributed by atoms with Gasteiger partial charge in [0.25, 0.3) is 0 Å². The lowest BCUT2D eigenvalue weighted by Crippen LogP contribution is -2.54. The van der Waals surface area contributed by atoms with Gasteiger partial charge >= 0.3 is 6.03 Å². The minimum absolute atomic E-state index is 0.00151. The molecule has 2 aliphatic rings. The highest BCUT2D eigenvalue weighted by molar-refractivity contribution is 6.04. The maximum absolute atomic E-state index is 13.3. The molecule has 0 aliphatic carbocycles. The number of aryl methyl sites for hydroxylation is 1. The van der Waals surface area contributed by atoms with Crippen LogP contribution in [-0.2, 0) is 11.3 Å². The van der Waals surface area contributed by atoms with Crippen LogP contribution < -0.4 is 4.90 Å². The van der Waals surface area contributed by atoms with Crippen molar-refractivity contribution >= 4 is 28.7 Å². The summed E-state index contributed by atoms with van der Waals surface area (Å²) in [7, 11) is 1.81. The van der Waals surface area contributed by atoms with Crippen LogP contribution in [0.4, 0.5) is 10.5 Å². The van der Waals surface area contributed by atoms with Crippen molar-refractivity contribution in [2.75, 3.05) is 25.0 Å². The van der Waals surface area contributed by atoms with Gasteiger partial charge in [0.2, 0.25) is 5.91 Å². The maximum atomic E-state index is 13.3. The van der Waals surface area contributed by atoms with Gasteiger partial charge in [0.15, 0.2) is 0 Å². The Balaban J connectivity index is 1.61. The van der Waals surface area contributed by atoms with Crippen molar-refractivity contribution in [1.29, 1.82) is 0 Å². The summed E-state index contributed by atoms with van der Waals surface area (Å²) in [5.74, 6) is 0.775. The van der Waals surface area contributed by atoms with Crippen LogP contribution in [0.2, 0.25) is 0 Å². The Kier molecular flexibility index (Phi) is 4.96. The van der Waals surface area contributed by atoms with Crippen LogP contribution in [0, 0.1) is 6.92 Å². The van der Waals surface area contributed by atoms with Gasteiger partial charge in [-0.25, -0.2) is 19.7 Å². The molecule has 0 aromatic carbocycles. The molecule has 9 heteroatoms. The van der Waals surface area contributed by atoms with Gasteiger partial charge in [-0.3, -0.25) is 14.7 Å². The molecule has 1 saturated heterocycles.